The minimum Gasteiger partial charge on any atom is -0.490 e. The number of H-pyrrole nitrogens is 1. The summed E-state index contributed by atoms with van der Waals surface area (Å²) < 4.78 is 12.0. The Kier molecular flexibility index (Phi) is 7.66. The van der Waals surface area contributed by atoms with E-state index < -0.39 is 0 Å². The van der Waals surface area contributed by atoms with Gasteiger partial charge in [0.1, 0.15) is 4.64 Å². The van der Waals surface area contributed by atoms with E-state index in [-0.39, 0.29) is 11.9 Å². The molecule has 1 atom stereocenters. The molecule has 0 bridgehead atoms. The second-order valence-corrected chi connectivity index (χ2v) is 6.42. The Morgan fingerprint density at radius 3 is 2.50 bits per heavy atom. The second kappa shape index (κ2) is 9.97. The van der Waals surface area contributed by atoms with Crippen LogP contribution in [0.5, 0.6) is 11.5 Å². The van der Waals surface area contributed by atoms with Gasteiger partial charge in [-0.15, -0.1) is 0 Å². The number of aromatic nitrogens is 1. The van der Waals surface area contributed by atoms with Crippen LogP contribution >= 0.6 is 12.2 Å². The minimum absolute atomic E-state index is 0.193. The zero-order valence-electron chi connectivity index (χ0n) is 15.5. The van der Waals surface area contributed by atoms with Gasteiger partial charge in [-0.1, -0.05) is 32.1 Å². The molecule has 0 saturated heterocycles. The number of carbonyl (C=O) groups is 1. The Labute approximate surface area is 159 Å². The average molecular weight is 375 g/mol. The molecule has 0 spiro atoms. The molecular formula is C20H26N2O3S. The lowest BCUT2D eigenvalue weighted by molar-refractivity contribution is 0.0939. The minimum atomic E-state index is -0.207. The van der Waals surface area contributed by atoms with Crippen molar-refractivity contribution in [2.45, 2.75) is 39.7 Å². The first kappa shape index (κ1) is 20.0. The van der Waals surface area contributed by atoms with E-state index in [1.165, 1.54) is 0 Å². The predicted molar refractivity (Wildman–Crippen MR) is 106 cm³/mol. The average Bonchev–Trinajstić information content (AvgIpc) is 2.65. The van der Waals surface area contributed by atoms with Crippen molar-refractivity contribution in [1.82, 2.24) is 10.3 Å². The highest BCUT2D eigenvalue weighted by atomic mass is 32.1. The quantitative estimate of drug-likeness (QED) is 0.618. The van der Waals surface area contributed by atoms with Gasteiger partial charge < -0.3 is 19.8 Å². The van der Waals surface area contributed by atoms with E-state index in [4.69, 9.17) is 21.7 Å². The van der Waals surface area contributed by atoms with Crippen LogP contribution in [0.15, 0.2) is 36.5 Å². The SMILES string of the molecule is CCCOc1ccc(C(C)NC(=O)c2ccc[nH]c2=S)cc1OCCC. The molecule has 0 saturated carbocycles. The predicted octanol–water partition coefficient (Wildman–Crippen LogP) is 4.81. The molecule has 1 aromatic carbocycles. The number of benzene rings is 1. The molecule has 140 valence electrons. The molecule has 1 unspecified atom stereocenters. The Bertz CT molecular complexity index is 789. The molecule has 1 aromatic heterocycles. The maximum Gasteiger partial charge on any atom is 0.254 e. The van der Waals surface area contributed by atoms with Crippen LogP contribution in [-0.2, 0) is 0 Å². The standard InChI is InChI=1S/C20H26N2O3S/c1-4-11-24-17-9-8-15(13-18(17)25-12-5-2)14(3)22-19(23)16-7-6-10-21-20(16)26/h6-10,13-14H,4-5,11-12H2,1-3H3,(H,21,26)(H,22,23). The smallest absolute Gasteiger partial charge is 0.254 e. The molecule has 1 heterocycles. The van der Waals surface area contributed by atoms with E-state index in [2.05, 4.69) is 24.1 Å². The van der Waals surface area contributed by atoms with E-state index >= 15 is 0 Å². The fourth-order valence-electron chi connectivity index (χ4n) is 2.41. The summed E-state index contributed by atoms with van der Waals surface area (Å²) >= 11 is 5.17. The summed E-state index contributed by atoms with van der Waals surface area (Å²) in [6, 6.07) is 9.04. The van der Waals surface area contributed by atoms with Gasteiger partial charge >= 0.3 is 0 Å². The topological polar surface area (TPSA) is 63.3 Å². The van der Waals surface area contributed by atoms with Crippen LogP contribution in [-0.4, -0.2) is 24.1 Å². The van der Waals surface area contributed by atoms with Crippen LogP contribution in [0.4, 0.5) is 0 Å². The lowest BCUT2D eigenvalue weighted by atomic mass is 10.1. The highest BCUT2D eigenvalue weighted by Gasteiger charge is 2.15. The Balaban J connectivity index is 2.17. The van der Waals surface area contributed by atoms with Gasteiger partial charge in [0.15, 0.2) is 11.5 Å². The van der Waals surface area contributed by atoms with Crippen molar-refractivity contribution in [1.29, 1.82) is 0 Å². The largest absolute Gasteiger partial charge is 0.490 e. The second-order valence-electron chi connectivity index (χ2n) is 6.01. The summed E-state index contributed by atoms with van der Waals surface area (Å²) in [5.74, 6) is 1.23. The van der Waals surface area contributed by atoms with E-state index in [9.17, 15) is 4.79 Å². The van der Waals surface area contributed by atoms with Gasteiger partial charge in [-0.3, -0.25) is 4.79 Å². The molecule has 6 heteroatoms. The summed E-state index contributed by atoms with van der Waals surface area (Å²) in [7, 11) is 0. The molecule has 26 heavy (non-hydrogen) atoms. The monoisotopic (exact) mass is 374 g/mol. The number of amides is 1. The number of rotatable bonds is 9. The molecule has 0 aliphatic heterocycles. The van der Waals surface area contributed by atoms with Crippen molar-refractivity contribution >= 4 is 18.1 Å². The first-order valence-electron chi connectivity index (χ1n) is 8.94. The molecule has 0 fully saturated rings. The van der Waals surface area contributed by atoms with Gasteiger partial charge in [0.2, 0.25) is 0 Å². The van der Waals surface area contributed by atoms with Gasteiger partial charge in [0.05, 0.1) is 24.8 Å². The summed E-state index contributed by atoms with van der Waals surface area (Å²) in [6.45, 7) is 7.31. The van der Waals surface area contributed by atoms with E-state index in [0.29, 0.717) is 29.2 Å². The lowest BCUT2D eigenvalue weighted by Gasteiger charge is -2.18. The Hall–Kier alpha value is -2.34. The molecular weight excluding hydrogens is 348 g/mol. The van der Waals surface area contributed by atoms with Crippen LogP contribution < -0.4 is 14.8 Å². The third kappa shape index (κ3) is 5.33. The summed E-state index contributed by atoms with van der Waals surface area (Å²) in [5, 5.41) is 2.98. The molecule has 0 aliphatic carbocycles. The van der Waals surface area contributed by atoms with Crippen molar-refractivity contribution in [3.8, 4) is 11.5 Å². The van der Waals surface area contributed by atoms with Crippen molar-refractivity contribution in [2.75, 3.05) is 13.2 Å². The highest BCUT2D eigenvalue weighted by molar-refractivity contribution is 7.71. The fourth-order valence-corrected chi connectivity index (χ4v) is 2.64. The van der Waals surface area contributed by atoms with Gasteiger partial charge in [0.25, 0.3) is 5.91 Å². The van der Waals surface area contributed by atoms with Crippen molar-refractivity contribution in [3.63, 3.8) is 0 Å². The van der Waals surface area contributed by atoms with Crippen LogP contribution in [0.2, 0.25) is 0 Å². The Morgan fingerprint density at radius 1 is 1.15 bits per heavy atom. The van der Waals surface area contributed by atoms with Crippen LogP contribution in [0, 0.1) is 4.64 Å². The molecule has 2 rings (SSSR count). The molecule has 1 amide bonds. The summed E-state index contributed by atoms with van der Waals surface area (Å²) in [4.78, 5) is 15.3. The van der Waals surface area contributed by atoms with Crippen LogP contribution in [0.1, 0.15) is 55.6 Å². The van der Waals surface area contributed by atoms with E-state index in [1.807, 2.05) is 25.1 Å². The molecule has 2 aromatic rings. The highest BCUT2D eigenvalue weighted by Crippen LogP contribution is 2.31. The van der Waals surface area contributed by atoms with Gasteiger partial charge in [-0.25, -0.2) is 0 Å². The number of carbonyl (C=O) groups excluding carboxylic acids is 1. The molecule has 2 N–H and O–H groups in total. The van der Waals surface area contributed by atoms with Gasteiger partial charge in [-0.05, 0) is 49.6 Å². The third-order valence-corrected chi connectivity index (χ3v) is 4.14. The first-order valence-corrected chi connectivity index (χ1v) is 9.35. The van der Waals surface area contributed by atoms with Gasteiger partial charge in [-0.2, -0.15) is 0 Å². The number of aromatic amines is 1. The van der Waals surface area contributed by atoms with Crippen molar-refractivity contribution < 1.29 is 14.3 Å². The van der Waals surface area contributed by atoms with Crippen LogP contribution in [0.25, 0.3) is 0 Å². The fraction of sp³-hybridized carbons (Fsp3) is 0.400. The maximum absolute atomic E-state index is 12.5. The first-order chi connectivity index (χ1) is 12.6. The third-order valence-electron chi connectivity index (χ3n) is 3.80. The summed E-state index contributed by atoms with van der Waals surface area (Å²) in [6.07, 6.45) is 3.55. The zero-order chi connectivity index (χ0) is 18.9. The molecule has 0 radical (unpaired) electrons. The van der Waals surface area contributed by atoms with E-state index in [1.54, 1.807) is 18.3 Å². The van der Waals surface area contributed by atoms with E-state index in [0.717, 1.165) is 24.2 Å². The number of ether oxygens (including phenoxy) is 2. The molecule has 5 nitrogen and oxygen atoms in total. The lowest BCUT2D eigenvalue weighted by Crippen LogP contribution is -2.27. The van der Waals surface area contributed by atoms with Gasteiger partial charge in [0, 0.05) is 6.20 Å². The Morgan fingerprint density at radius 2 is 1.85 bits per heavy atom. The van der Waals surface area contributed by atoms with Crippen molar-refractivity contribution in [2.24, 2.45) is 0 Å². The number of pyridine rings is 1. The number of nitrogens with one attached hydrogen (secondary N) is 2. The van der Waals surface area contributed by atoms with Crippen molar-refractivity contribution in [3.05, 3.63) is 52.3 Å². The molecule has 0 aliphatic rings. The maximum atomic E-state index is 12.5. The normalized spacial score (nSPS) is 11.7. The van der Waals surface area contributed by atoms with Crippen LogP contribution in [0.3, 0.4) is 0 Å². The number of hydrogen-bond acceptors (Lipinski definition) is 4. The number of hydrogen-bond donors (Lipinski definition) is 2. The summed E-state index contributed by atoms with van der Waals surface area (Å²) in [5.41, 5.74) is 1.40. The zero-order valence-corrected chi connectivity index (χ0v) is 16.3.